The van der Waals surface area contributed by atoms with Crippen LogP contribution in [-0.4, -0.2) is 40.0 Å². The first-order valence-electron chi connectivity index (χ1n) is 3.76. The number of rotatable bonds is 1. The van der Waals surface area contributed by atoms with Crippen LogP contribution in [0.2, 0.25) is 0 Å². The minimum absolute atomic E-state index is 0.0394. The number of hydrogen-bond donors (Lipinski definition) is 1. The number of aryl methyl sites for hydroxylation is 1. The van der Waals surface area contributed by atoms with Crippen LogP contribution >= 0.6 is 0 Å². The summed E-state index contributed by atoms with van der Waals surface area (Å²) in [5, 5.41) is 9.44. The minimum atomic E-state index is -0.331. The highest BCUT2D eigenvalue weighted by Crippen LogP contribution is 2.17. The Bertz CT molecular complexity index is 336. The molecule has 5 nitrogen and oxygen atoms in total. The normalized spacial score (nSPS) is 9.77. The van der Waals surface area contributed by atoms with Crippen molar-refractivity contribution in [3.05, 3.63) is 17.7 Å². The lowest BCUT2D eigenvalue weighted by atomic mass is 10.3. The highest BCUT2D eigenvalue weighted by molar-refractivity contribution is 5.94. The summed E-state index contributed by atoms with van der Waals surface area (Å²) in [5.41, 5.74) is 0.442. The van der Waals surface area contributed by atoms with E-state index in [1.54, 1.807) is 21.0 Å². The molecule has 0 aliphatic heterocycles. The summed E-state index contributed by atoms with van der Waals surface area (Å²) < 4.78 is 0. The Hall–Kier alpha value is -1.65. The molecule has 5 heteroatoms. The van der Waals surface area contributed by atoms with E-state index in [1.165, 1.54) is 11.2 Å². The fourth-order valence-electron chi connectivity index (χ4n) is 0.835. The van der Waals surface area contributed by atoms with Gasteiger partial charge >= 0.3 is 0 Å². The van der Waals surface area contributed by atoms with Crippen LogP contribution in [0.4, 0.5) is 0 Å². The van der Waals surface area contributed by atoms with Gasteiger partial charge in [0.2, 0.25) is 0 Å². The van der Waals surface area contributed by atoms with Gasteiger partial charge in [0.05, 0.1) is 5.69 Å². The smallest absolute Gasteiger partial charge is 0.275 e. The van der Waals surface area contributed by atoms with E-state index in [2.05, 4.69) is 9.97 Å². The number of carbonyl (C=O) groups is 1. The van der Waals surface area contributed by atoms with Gasteiger partial charge in [-0.1, -0.05) is 0 Å². The first-order chi connectivity index (χ1) is 6.04. The number of aromatic nitrogens is 2. The summed E-state index contributed by atoms with van der Waals surface area (Å²) in [7, 11) is 3.19. The zero-order chi connectivity index (χ0) is 10.0. The lowest BCUT2D eigenvalue weighted by molar-refractivity contribution is 0.0818. The molecule has 0 saturated heterocycles. The predicted molar refractivity (Wildman–Crippen MR) is 46.5 cm³/mol. The molecule has 1 aromatic heterocycles. The van der Waals surface area contributed by atoms with E-state index < -0.39 is 0 Å². The van der Waals surface area contributed by atoms with Gasteiger partial charge in [-0.15, -0.1) is 0 Å². The Morgan fingerprint density at radius 3 is 2.62 bits per heavy atom. The van der Waals surface area contributed by atoms with Gasteiger partial charge in [-0.3, -0.25) is 4.79 Å². The number of hydrogen-bond acceptors (Lipinski definition) is 4. The van der Waals surface area contributed by atoms with E-state index in [0.29, 0.717) is 5.69 Å². The molecule has 0 unspecified atom stereocenters. The van der Waals surface area contributed by atoms with Gasteiger partial charge in [-0.2, -0.15) is 0 Å². The highest BCUT2D eigenvalue weighted by Gasteiger charge is 2.16. The molecule has 0 aliphatic carbocycles. The van der Waals surface area contributed by atoms with Crippen LogP contribution in [-0.2, 0) is 0 Å². The summed E-state index contributed by atoms with van der Waals surface area (Å²) in [6.45, 7) is 1.61. The van der Waals surface area contributed by atoms with Crippen molar-refractivity contribution in [3.8, 4) is 5.75 Å². The zero-order valence-electron chi connectivity index (χ0n) is 7.77. The highest BCUT2D eigenvalue weighted by atomic mass is 16.3. The molecule has 13 heavy (non-hydrogen) atoms. The van der Waals surface area contributed by atoms with Crippen molar-refractivity contribution in [1.29, 1.82) is 0 Å². The zero-order valence-corrected chi connectivity index (χ0v) is 7.77. The van der Waals surface area contributed by atoms with E-state index in [0.717, 1.165) is 0 Å². The van der Waals surface area contributed by atoms with Gasteiger partial charge in [0.1, 0.15) is 6.33 Å². The summed E-state index contributed by atoms with van der Waals surface area (Å²) in [6.07, 6.45) is 1.26. The van der Waals surface area contributed by atoms with Crippen molar-refractivity contribution < 1.29 is 9.90 Å². The molecule has 1 aromatic rings. The summed E-state index contributed by atoms with van der Waals surface area (Å²) >= 11 is 0. The lowest BCUT2D eigenvalue weighted by Gasteiger charge is -2.10. The van der Waals surface area contributed by atoms with Crippen molar-refractivity contribution >= 4 is 5.91 Å². The number of carbonyl (C=O) groups excluding carboxylic acids is 1. The van der Waals surface area contributed by atoms with E-state index in [9.17, 15) is 9.90 Å². The van der Waals surface area contributed by atoms with Gasteiger partial charge in [0.25, 0.3) is 5.91 Å². The second kappa shape index (κ2) is 3.38. The average Bonchev–Trinajstić information content (AvgIpc) is 2.08. The number of aromatic hydroxyl groups is 1. The average molecular weight is 181 g/mol. The standard InChI is InChI=1S/C8H11N3O2/c1-5-7(12)6(10-4-9-5)8(13)11(2)3/h4,12H,1-3H3. The molecule has 0 aromatic carbocycles. The molecular formula is C8H11N3O2. The lowest BCUT2D eigenvalue weighted by Crippen LogP contribution is -2.23. The van der Waals surface area contributed by atoms with E-state index in [1.807, 2.05) is 0 Å². The van der Waals surface area contributed by atoms with Crippen molar-refractivity contribution in [2.75, 3.05) is 14.1 Å². The first kappa shape index (κ1) is 9.44. The molecule has 0 atom stereocenters. The molecule has 0 fully saturated rings. The quantitative estimate of drug-likeness (QED) is 0.671. The molecule has 0 saturated carbocycles. The molecule has 0 bridgehead atoms. The third kappa shape index (κ3) is 1.74. The largest absolute Gasteiger partial charge is 0.504 e. The van der Waals surface area contributed by atoms with E-state index in [4.69, 9.17) is 0 Å². The fraction of sp³-hybridized carbons (Fsp3) is 0.375. The van der Waals surface area contributed by atoms with Crippen molar-refractivity contribution in [2.45, 2.75) is 6.92 Å². The molecular weight excluding hydrogens is 170 g/mol. The van der Waals surface area contributed by atoms with E-state index >= 15 is 0 Å². The third-order valence-corrected chi connectivity index (χ3v) is 1.61. The van der Waals surface area contributed by atoms with Crippen molar-refractivity contribution in [1.82, 2.24) is 14.9 Å². The molecule has 1 amide bonds. The topological polar surface area (TPSA) is 66.3 Å². The second-order valence-corrected chi connectivity index (χ2v) is 2.86. The summed E-state index contributed by atoms with van der Waals surface area (Å²) in [4.78, 5) is 20.2. The monoisotopic (exact) mass is 181 g/mol. The third-order valence-electron chi connectivity index (χ3n) is 1.61. The van der Waals surface area contributed by atoms with Gasteiger partial charge in [0.15, 0.2) is 11.4 Å². The first-order valence-corrected chi connectivity index (χ1v) is 3.76. The maximum atomic E-state index is 11.4. The summed E-state index contributed by atoms with van der Waals surface area (Å²) in [6, 6.07) is 0. The second-order valence-electron chi connectivity index (χ2n) is 2.86. The fourth-order valence-corrected chi connectivity index (χ4v) is 0.835. The van der Waals surface area contributed by atoms with Crippen LogP contribution < -0.4 is 0 Å². The van der Waals surface area contributed by atoms with E-state index in [-0.39, 0.29) is 17.4 Å². The van der Waals surface area contributed by atoms with Gasteiger partial charge in [-0.25, -0.2) is 9.97 Å². The van der Waals surface area contributed by atoms with Crippen LogP contribution in [0.5, 0.6) is 5.75 Å². The molecule has 70 valence electrons. The molecule has 0 radical (unpaired) electrons. The van der Waals surface area contributed by atoms with Crippen LogP contribution in [0.1, 0.15) is 16.2 Å². The Labute approximate surface area is 76.0 Å². The van der Waals surface area contributed by atoms with Crippen molar-refractivity contribution in [3.63, 3.8) is 0 Å². The van der Waals surface area contributed by atoms with Crippen LogP contribution in [0.25, 0.3) is 0 Å². The Balaban J connectivity index is 3.15. The number of amides is 1. The SMILES string of the molecule is Cc1ncnc(C(=O)N(C)C)c1O. The Kier molecular flexibility index (Phi) is 2.46. The van der Waals surface area contributed by atoms with Gasteiger partial charge < -0.3 is 10.0 Å². The maximum Gasteiger partial charge on any atom is 0.275 e. The molecule has 1 heterocycles. The molecule has 0 aliphatic rings. The summed E-state index contributed by atoms with van der Waals surface area (Å²) in [5.74, 6) is -0.482. The Morgan fingerprint density at radius 1 is 1.46 bits per heavy atom. The van der Waals surface area contributed by atoms with Crippen LogP contribution in [0.15, 0.2) is 6.33 Å². The van der Waals surface area contributed by atoms with Crippen LogP contribution in [0.3, 0.4) is 0 Å². The maximum absolute atomic E-state index is 11.4. The molecule has 1 rings (SSSR count). The Morgan fingerprint density at radius 2 is 2.08 bits per heavy atom. The van der Waals surface area contributed by atoms with Gasteiger partial charge in [0, 0.05) is 14.1 Å². The molecule has 0 spiro atoms. The van der Waals surface area contributed by atoms with Crippen LogP contribution in [0, 0.1) is 6.92 Å². The molecule has 1 N–H and O–H groups in total. The number of nitrogens with zero attached hydrogens (tertiary/aromatic N) is 3. The van der Waals surface area contributed by atoms with Gasteiger partial charge in [-0.05, 0) is 6.92 Å². The minimum Gasteiger partial charge on any atom is -0.504 e. The van der Waals surface area contributed by atoms with Crippen molar-refractivity contribution in [2.24, 2.45) is 0 Å². The predicted octanol–water partition coefficient (Wildman–Crippen LogP) is 0.192.